The molecule has 86 valence electrons. The Morgan fingerprint density at radius 3 is 2.47 bits per heavy atom. The second-order valence-corrected chi connectivity index (χ2v) is 5.37. The average molecular weight is 212 g/mol. The van der Waals surface area contributed by atoms with Gasteiger partial charge in [0, 0.05) is 5.92 Å². The topological polar surface area (TPSA) is 43.4 Å². The fourth-order valence-electron chi connectivity index (χ4n) is 1.57. The van der Waals surface area contributed by atoms with Crippen molar-refractivity contribution in [2.45, 2.75) is 52.1 Å². The van der Waals surface area contributed by atoms with Crippen LogP contribution < -0.4 is 0 Å². The Labute approximate surface area is 91.2 Å². The van der Waals surface area contributed by atoms with Crippen LogP contribution in [0.15, 0.2) is 0 Å². The minimum atomic E-state index is -0.454. The summed E-state index contributed by atoms with van der Waals surface area (Å²) < 4.78 is 5.17. The summed E-state index contributed by atoms with van der Waals surface area (Å²) in [5.41, 5.74) is -0.454. The van der Waals surface area contributed by atoms with Gasteiger partial charge in [-0.15, -0.1) is 0 Å². The first-order chi connectivity index (χ1) is 6.90. The summed E-state index contributed by atoms with van der Waals surface area (Å²) in [4.78, 5) is 22.2. The molecule has 0 radical (unpaired) electrons. The van der Waals surface area contributed by atoms with Crippen molar-refractivity contribution >= 4 is 12.3 Å². The van der Waals surface area contributed by atoms with Crippen LogP contribution in [0.5, 0.6) is 0 Å². The lowest BCUT2D eigenvalue weighted by atomic mass is 10.0. The van der Waals surface area contributed by atoms with Crippen LogP contribution in [-0.2, 0) is 14.3 Å². The monoisotopic (exact) mass is 212 g/mol. The number of esters is 1. The third-order valence-corrected chi connectivity index (χ3v) is 2.37. The van der Waals surface area contributed by atoms with E-state index in [2.05, 4.69) is 0 Å². The molecule has 0 aromatic rings. The van der Waals surface area contributed by atoms with E-state index in [1.807, 2.05) is 20.8 Å². The molecule has 0 N–H and O–H groups in total. The second-order valence-electron chi connectivity index (χ2n) is 5.37. The molecule has 15 heavy (non-hydrogen) atoms. The zero-order chi connectivity index (χ0) is 11.5. The lowest BCUT2D eigenvalue weighted by Gasteiger charge is -2.20. The quantitative estimate of drug-likeness (QED) is 0.519. The van der Waals surface area contributed by atoms with Crippen molar-refractivity contribution in [3.05, 3.63) is 0 Å². The fraction of sp³-hybridized carbons (Fsp3) is 0.833. The molecule has 0 aromatic heterocycles. The Hall–Kier alpha value is -0.860. The molecule has 1 atom stereocenters. The first-order valence-electron chi connectivity index (χ1n) is 5.58. The van der Waals surface area contributed by atoms with Crippen LogP contribution in [0.3, 0.4) is 0 Å². The van der Waals surface area contributed by atoms with Crippen molar-refractivity contribution in [3.63, 3.8) is 0 Å². The van der Waals surface area contributed by atoms with Gasteiger partial charge in [-0.1, -0.05) is 12.8 Å². The number of carbonyl (C=O) groups excluding carboxylic acids is 2. The van der Waals surface area contributed by atoms with Gasteiger partial charge in [0.2, 0.25) is 0 Å². The molecule has 1 unspecified atom stereocenters. The number of aldehydes is 1. The molecule has 1 aliphatic rings. The molecule has 0 aromatic carbocycles. The molecule has 0 bridgehead atoms. The van der Waals surface area contributed by atoms with Gasteiger partial charge in [-0.2, -0.15) is 0 Å². The SMILES string of the molecule is CC(C)(C)OC(=O)CC(C=O)CC1CC1. The Morgan fingerprint density at radius 2 is 2.07 bits per heavy atom. The highest BCUT2D eigenvalue weighted by Crippen LogP contribution is 2.35. The normalized spacial score (nSPS) is 18.3. The van der Waals surface area contributed by atoms with Gasteiger partial charge in [0.15, 0.2) is 0 Å². The molecular weight excluding hydrogens is 192 g/mol. The van der Waals surface area contributed by atoms with E-state index in [9.17, 15) is 9.59 Å². The molecule has 3 heteroatoms. The van der Waals surface area contributed by atoms with Gasteiger partial charge in [-0.05, 0) is 33.1 Å². The summed E-state index contributed by atoms with van der Waals surface area (Å²) in [6.07, 6.45) is 4.39. The molecular formula is C12H20O3. The van der Waals surface area contributed by atoms with Crippen LogP contribution in [0.4, 0.5) is 0 Å². The number of hydrogen-bond donors (Lipinski definition) is 0. The molecule has 0 aliphatic heterocycles. The maximum atomic E-state index is 11.4. The Kier molecular flexibility index (Phi) is 3.89. The zero-order valence-corrected chi connectivity index (χ0v) is 9.79. The van der Waals surface area contributed by atoms with Crippen molar-refractivity contribution < 1.29 is 14.3 Å². The standard InChI is InChI=1S/C12H20O3/c1-12(2,3)15-11(14)7-10(8-13)6-9-4-5-9/h8-10H,4-7H2,1-3H3. The maximum absolute atomic E-state index is 11.4. The first-order valence-corrected chi connectivity index (χ1v) is 5.58. The lowest BCUT2D eigenvalue weighted by molar-refractivity contribution is -0.156. The predicted octanol–water partition coefficient (Wildman–Crippen LogP) is 2.33. The summed E-state index contributed by atoms with van der Waals surface area (Å²) in [5, 5.41) is 0. The van der Waals surface area contributed by atoms with E-state index >= 15 is 0 Å². The van der Waals surface area contributed by atoms with Gasteiger partial charge in [-0.3, -0.25) is 4.79 Å². The highest BCUT2D eigenvalue weighted by Gasteiger charge is 2.27. The lowest BCUT2D eigenvalue weighted by Crippen LogP contribution is -2.25. The van der Waals surface area contributed by atoms with Gasteiger partial charge in [0.25, 0.3) is 0 Å². The van der Waals surface area contributed by atoms with E-state index in [1.54, 1.807) is 0 Å². The van der Waals surface area contributed by atoms with E-state index in [-0.39, 0.29) is 18.3 Å². The van der Waals surface area contributed by atoms with Crippen LogP contribution in [0.2, 0.25) is 0 Å². The van der Waals surface area contributed by atoms with Crippen molar-refractivity contribution in [1.29, 1.82) is 0 Å². The van der Waals surface area contributed by atoms with E-state index in [0.29, 0.717) is 5.92 Å². The van der Waals surface area contributed by atoms with Gasteiger partial charge >= 0.3 is 5.97 Å². The highest BCUT2D eigenvalue weighted by molar-refractivity contribution is 5.74. The number of carbonyl (C=O) groups is 2. The van der Waals surface area contributed by atoms with Crippen LogP contribution in [0.1, 0.15) is 46.5 Å². The van der Waals surface area contributed by atoms with E-state index < -0.39 is 5.60 Å². The Bertz CT molecular complexity index is 236. The van der Waals surface area contributed by atoms with Crippen molar-refractivity contribution in [2.75, 3.05) is 0 Å². The summed E-state index contributed by atoms with van der Waals surface area (Å²) in [7, 11) is 0. The zero-order valence-electron chi connectivity index (χ0n) is 9.79. The van der Waals surface area contributed by atoms with Crippen molar-refractivity contribution in [3.8, 4) is 0 Å². The minimum Gasteiger partial charge on any atom is -0.460 e. The third kappa shape index (κ3) is 5.55. The van der Waals surface area contributed by atoms with Crippen molar-refractivity contribution in [2.24, 2.45) is 11.8 Å². The van der Waals surface area contributed by atoms with Crippen LogP contribution in [0, 0.1) is 11.8 Å². The van der Waals surface area contributed by atoms with Crippen LogP contribution in [-0.4, -0.2) is 17.9 Å². The number of ether oxygens (including phenoxy) is 1. The summed E-state index contributed by atoms with van der Waals surface area (Å²) in [6, 6.07) is 0. The largest absolute Gasteiger partial charge is 0.460 e. The molecule has 1 saturated carbocycles. The van der Waals surface area contributed by atoms with E-state index in [4.69, 9.17) is 4.74 Å². The molecule has 0 saturated heterocycles. The molecule has 0 spiro atoms. The summed E-state index contributed by atoms with van der Waals surface area (Å²) in [6.45, 7) is 5.51. The summed E-state index contributed by atoms with van der Waals surface area (Å²) in [5.74, 6) is 0.259. The maximum Gasteiger partial charge on any atom is 0.307 e. The molecule has 1 aliphatic carbocycles. The third-order valence-electron chi connectivity index (χ3n) is 2.37. The van der Waals surface area contributed by atoms with Crippen molar-refractivity contribution in [1.82, 2.24) is 0 Å². The molecule has 1 fully saturated rings. The van der Waals surface area contributed by atoms with Crippen LogP contribution in [0.25, 0.3) is 0 Å². The van der Waals surface area contributed by atoms with Gasteiger partial charge < -0.3 is 9.53 Å². The van der Waals surface area contributed by atoms with Gasteiger partial charge in [0.1, 0.15) is 11.9 Å². The Morgan fingerprint density at radius 1 is 1.47 bits per heavy atom. The fourth-order valence-corrected chi connectivity index (χ4v) is 1.57. The van der Waals surface area contributed by atoms with Crippen LogP contribution >= 0.6 is 0 Å². The highest BCUT2D eigenvalue weighted by atomic mass is 16.6. The molecule has 0 heterocycles. The molecule has 1 rings (SSSR count). The van der Waals surface area contributed by atoms with Gasteiger partial charge in [0.05, 0.1) is 6.42 Å². The summed E-state index contributed by atoms with van der Waals surface area (Å²) >= 11 is 0. The second kappa shape index (κ2) is 4.77. The smallest absolute Gasteiger partial charge is 0.307 e. The first kappa shape index (κ1) is 12.2. The average Bonchev–Trinajstić information content (AvgIpc) is 2.83. The number of hydrogen-bond acceptors (Lipinski definition) is 3. The number of rotatable bonds is 5. The van der Waals surface area contributed by atoms with E-state index in [0.717, 1.165) is 12.7 Å². The predicted molar refractivity (Wildman–Crippen MR) is 57.4 cm³/mol. The minimum absolute atomic E-state index is 0.146. The molecule has 0 amide bonds. The van der Waals surface area contributed by atoms with E-state index in [1.165, 1.54) is 12.8 Å². The Balaban J connectivity index is 2.30. The molecule has 3 nitrogen and oxygen atoms in total. The van der Waals surface area contributed by atoms with Gasteiger partial charge in [-0.25, -0.2) is 0 Å².